The van der Waals surface area contributed by atoms with Gasteiger partial charge in [0, 0.05) is 6.20 Å². The summed E-state index contributed by atoms with van der Waals surface area (Å²) < 4.78 is 79.1. The van der Waals surface area contributed by atoms with E-state index in [4.69, 9.17) is 0 Å². The maximum atomic E-state index is 13.5. The van der Waals surface area contributed by atoms with Crippen LogP contribution in [0.1, 0.15) is 38.9 Å². The minimum atomic E-state index is -4.82. The van der Waals surface area contributed by atoms with E-state index >= 15 is 0 Å². The normalized spacial score (nSPS) is 13.0. The summed E-state index contributed by atoms with van der Waals surface area (Å²) in [5, 5.41) is 11.6. The zero-order chi connectivity index (χ0) is 22.8. The van der Waals surface area contributed by atoms with Crippen molar-refractivity contribution >= 4 is 5.91 Å². The van der Waals surface area contributed by atoms with Crippen molar-refractivity contribution < 1.29 is 36.2 Å². The number of carbonyl (C=O) groups excluding carboxylic acids is 1. The first-order valence-electron chi connectivity index (χ1n) is 8.62. The smallest absolute Gasteiger partial charge is 0.418 e. The van der Waals surface area contributed by atoms with Crippen LogP contribution in [0.15, 0.2) is 60.9 Å². The fraction of sp³-hybridized carbons (Fsp3) is 0.150. The predicted molar refractivity (Wildman–Crippen MR) is 95.9 cm³/mol. The third-order valence-corrected chi connectivity index (χ3v) is 4.24. The Kier molecular flexibility index (Phi) is 5.87. The maximum absolute atomic E-state index is 13.5. The first-order chi connectivity index (χ1) is 14.5. The topological polar surface area (TPSA) is 75.1 Å². The molecule has 2 aromatic heterocycles. The molecule has 162 valence electrons. The average molecular weight is 441 g/mol. The van der Waals surface area contributed by atoms with Crippen LogP contribution in [0, 0.1) is 0 Å². The van der Waals surface area contributed by atoms with E-state index in [1.165, 1.54) is 0 Å². The number of benzene rings is 1. The number of nitrogens with one attached hydrogen (secondary N) is 1. The van der Waals surface area contributed by atoms with E-state index in [2.05, 4.69) is 15.3 Å². The number of rotatable bonds is 4. The summed E-state index contributed by atoms with van der Waals surface area (Å²) >= 11 is 0. The van der Waals surface area contributed by atoms with Gasteiger partial charge in [-0.05, 0) is 42.0 Å². The molecule has 5 nitrogen and oxygen atoms in total. The molecule has 1 amide bonds. The Morgan fingerprint density at radius 3 is 2.13 bits per heavy atom. The third kappa shape index (κ3) is 5.11. The van der Waals surface area contributed by atoms with E-state index in [9.17, 15) is 36.2 Å². The van der Waals surface area contributed by atoms with Crippen molar-refractivity contribution in [3.63, 3.8) is 0 Å². The molecule has 0 saturated heterocycles. The van der Waals surface area contributed by atoms with Crippen molar-refractivity contribution in [1.82, 2.24) is 15.3 Å². The summed E-state index contributed by atoms with van der Waals surface area (Å²) in [6, 6.07) is 5.90. The first-order valence-corrected chi connectivity index (χ1v) is 8.62. The van der Waals surface area contributed by atoms with Crippen LogP contribution < -0.4 is 5.32 Å². The second-order valence-electron chi connectivity index (χ2n) is 6.36. The summed E-state index contributed by atoms with van der Waals surface area (Å²) in [4.78, 5) is 20.0. The summed E-state index contributed by atoms with van der Waals surface area (Å²) in [5.74, 6) is -1.15. The van der Waals surface area contributed by atoms with Crippen LogP contribution in [0.3, 0.4) is 0 Å². The highest BCUT2D eigenvalue weighted by atomic mass is 19.4. The Labute approximate surface area is 171 Å². The lowest BCUT2D eigenvalue weighted by Crippen LogP contribution is -2.32. The van der Waals surface area contributed by atoms with Crippen LogP contribution in [-0.2, 0) is 12.4 Å². The molecule has 3 rings (SSSR count). The lowest BCUT2D eigenvalue weighted by molar-refractivity contribution is -0.139. The highest BCUT2D eigenvalue weighted by molar-refractivity contribution is 5.92. The van der Waals surface area contributed by atoms with Gasteiger partial charge < -0.3 is 10.4 Å². The minimum absolute atomic E-state index is 0.0515. The molecule has 0 bridgehead atoms. The van der Waals surface area contributed by atoms with Crippen LogP contribution in [0.2, 0.25) is 0 Å². The number of nitrogens with zero attached hydrogens (tertiary/aromatic N) is 2. The molecular formula is C20H13F6N3O2. The van der Waals surface area contributed by atoms with Crippen molar-refractivity contribution in [2.45, 2.75) is 18.4 Å². The van der Waals surface area contributed by atoms with Gasteiger partial charge in [0.2, 0.25) is 0 Å². The van der Waals surface area contributed by atoms with Gasteiger partial charge in [0.15, 0.2) is 0 Å². The summed E-state index contributed by atoms with van der Waals surface area (Å²) in [6.45, 7) is 0. The van der Waals surface area contributed by atoms with Gasteiger partial charge in [-0.15, -0.1) is 0 Å². The van der Waals surface area contributed by atoms with Gasteiger partial charge in [-0.1, -0.05) is 12.1 Å². The molecule has 0 saturated carbocycles. The molecule has 1 aromatic carbocycles. The molecule has 11 heteroatoms. The lowest BCUT2D eigenvalue weighted by Gasteiger charge is -2.22. The molecule has 0 fully saturated rings. The van der Waals surface area contributed by atoms with Gasteiger partial charge in [0.25, 0.3) is 5.91 Å². The molecule has 2 N–H and O–H groups in total. The Morgan fingerprint density at radius 2 is 1.58 bits per heavy atom. The van der Waals surface area contributed by atoms with Crippen LogP contribution in [0.4, 0.5) is 26.3 Å². The number of carbonyl (C=O) groups is 1. The number of hydrogen-bond donors (Lipinski definition) is 2. The van der Waals surface area contributed by atoms with Crippen molar-refractivity contribution in [1.29, 1.82) is 0 Å². The minimum Gasteiger partial charge on any atom is -0.506 e. The fourth-order valence-corrected chi connectivity index (χ4v) is 2.79. The summed E-state index contributed by atoms with van der Waals surface area (Å²) in [6.07, 6.45) is -7.43. The molecule has 0 spiro atoms. The van der Waals surface area contributed by atoms with Crippen LogP contribution in [0.5, 0.6) is 5.75 Å². The van der Waals surface area contributed by atoms with Gasteiger partial charge in [-0.2, -0.15) is 26.3 Å². The fourth-order valence-electron chi connectivity index (χ4n) is 2.79. The van der Waals surface area contributed by atoms with Crippen molar-refractivity contribution in [2.24, 2.45) is 0 Å². The molecule has 31 heavy (non-hydrogen) atoms. The maximum Gasteiger partial charge on any atom is 0.418 e. The Balaban J connectivity index is 2.07. The number of aromatic nitrogens is 2. The van der Waals surface area contributed by atoms with E-state index < -0.39 is 41.1 Å². The van der Waals surface area contributed by atoms with Crippen LogP contribution in [0.25, 0.3) is 0 Å². The molecular weight excluding hydrogens is 428 g/mol. The number of aromatic hydroxyl groups is 1. The number of halogens is 6. The zero-order valence-electron chi connectivity index (χ0n) is 15.4. The van der Waals surface area contributed by atoms with Gasteiger partial charge in [-0.3, -0.25) is 9.78 Å². The SMILES string of the molecule is O=C(N[C@@H](c1ccc(C(F)(F)F)cc1)c1ncccc1C(F)(F)F)c1ccc(O)cn1. The van der Waals surface area contributed by atoms with E-state index in [0.29, 0.717) is 12.1 Å². The predicted octanol–water partition coefficient (Wildman–Crippen LogP) is 4.74. The molecule has 0 aliphatic heterocycles. The number of hydrogen-bond acceptors (Lipinski definition) is 4. The standard InChI is InChI=1S/C20H13F6N3O2/c21-19(22,23)12-5-3-11(4-6-12)16(17-14(20(24,25)26)2-1-9-27-17)29-18(31)15-8-7-13(30)10-28-15/h1-10,16,30H,(H,29,31)/t16-/m0/s1. The third-order valence-electron chi connectivity index (χ3n) is 4.24. The average Bonchev–Trinajstić information content (AvgIpc) is 2.71. The zero-order valence-corrected chi connectivity index (χ0v) is 15.4. The highest BCUT2D eigenvalue weighted by Crippen LogP contribution is 2.36. The van der Waals surface area contributed by atoms with Gasteiger partial charge >= 0.3 is 12.4 Å². The Hall–Kier alpha value is -3.63. The number of amides is 1. The van der Waals surface area contributed by atoms with Gasteiger partial charge in [0.05, 0.1) is 29.1 Å². The molecule has 3 aromatic rings. The molecule has 0 unspecified atom stereocenters. The summed E-state index contributed by atoms with van der Waals surface area (Å²) in [5.41, 5.74) is -3.03. The van der Waals surface area contributed by atoms with Gasteiger partial charge in [-0.25, -0.2) is 4.98 Å². The summed E-state index contributed by atoms with van der Waals surface area (Å²) in [7, 11) is 0. The molecule has 0 aliphatic rings. The molecule has 2 heterocycles. The van der Waals surface area contributed by atoms with E-state index in [0.717, 1.165) is 48.8 Å². The first kappa shape index (κ1) is 22.1. The van der Waals surface area contributed by atoms with Crippen LogP contribution >= 0.6 is 0 Å². The lowest BCUT2D eigenvalue weighted by atomic mass is 9.97. The van der Waals surface area contributed by atoms with Crippen LogP contribution in [-0.4, -0.2) is 21.0 Å². The number of pyridine rings is 2. The molecule has 0 radical (unpaired) electrons. The van der Waals surface area contributed by atoms with Crippen molar-refractivity contribution in [3.05, 3.63) is 89.0 Å². The monoisotopic (exact) mass is 441 g/mol. The molecule has 1 atom stereocenters. The highest BCUT2D eigenvalue weighted by Gasteiger charge is 2.37. The second-order valence-corrected chi connectivity index (χ2v) is 6.36. The number of alkyl halides is 6. The van der Waals surface area contributed by atoms with E-state index in [-0.39, 0.29) is 17.0 Å². The quantitative estimate of drug-likeness (QED) is 0.574. The van der Waals surface area contributed by atoms with Gasteiger partial charge in [0.1, 0.15) is 11.4 Å². The Bertz CT molecular complexity index is 1060. The van der Waals surface area contributed by atoms with E-state index in [1.54, 1.807) is 0 Å². The van der Waals surface area contributed by atoms with Crippen molar-refractivity contribution in [2.75, 3.05) is 0 Å². The molecule has 0 aliphatic carbocycles. The van der Waals surface area contributed by atoms with Crippen molar-refractivity contribution in [3.8, 4) is 5.75 Å². The largest absolute Gasteiger partial charge is 0.506 e. The Morgan fingerprint density at radius 1 is 0.903 bits per heavy atom. The second kappa shape index (κ2) is 8.25. The van der Waals surface area contributed by atoms with E-state index in [1.807, 2.05) is 0 Å².